The van der Waals surface area contributed by atoms with Gasteiger partial charge in [-0.2, -0.15) is 9.78 Å². The van der Waals surface area contributed by atoms with E-state index in [-0.39, 0.29) is 18.4 Å². The number of para-hydroxylation sites is 1. The number of anilines is 1. The molecule has 0 saturated carbocycles. The van der Waals surface area contributed by atoms with Crippen LogP contribution in [0.1, 0.15) is 29.2 Å². The molecule has 2 aromatic heterocycles. The van der Waals surface area contributed by atoms with E-state index in [4.69, 9.17) is 15.6 Å². The number of ether oxygens (including phenoxy) is 1. The summed E-state index contributed by atoms with van der Waals surface area (Å²) in [5, 5.41) is 8.41. The van der Waals surface area contributed by atoms with Crippen molar-refractivity contribution in [3.8, 4) is 10.9 Å². The zero-order valence-corrected chi connectivity index (χ0v) is 17.5. The zero-order valence-electron chi connectivity index (χ0n) is 16.7. The number of nitrogens with two attached hydrogens (primary N) is 1. The maximum atomic E-state index is 12.6. The van der Waals surface area contributed by atoms with Gasteiger partial charge in [-0.1, -0.05) is 35.6 Å². The van der Waals surface area contributed by atoms with Crippen LogP contribution in [0.5, 0.6) is 5.75 Å². The number of aromatic nitrogens is 3. The van der Waals surface area contributed by atoms with Crippen molar-refractivity contribution in [2.24, 2.45) is 5.73 Å². The molecular weight excluding hydrogens is 414 g/mol. The molecule has 0 saturated heterocycles. The first kappa shape index (κ1) is 19.3. The van der Waals surface area contributed by atoms with Crippen LogP contribution in [0.2, 0.25) is 0 Å². The maximum absolute atomic E-state index is 12.6. The minimum absolute atomic E-state index is 0.0752. The molecule has 0 bridgehead atoms. The number of amides is 2. The normalized spacial score (nSPS) is 15.5. The third-order valence-corrected chi connectivity index (χ3v) is 6.24. The predicted octanol–water partition coefficient (Wildman–Crippen LogP) is 3.13. The number of benzene rings is 2. The molecule has 156 valence electrons. The van der Waals surface area contributed by atoms with Gasteiger partial charge in [0.1, 0.15) is 11.6 Å². The molecule has 1 aliphatic rings. The summed E-state index contributed by atoms with van der Waals surface area (Å²) in [4.78, 5) is 28.2. The number of nitrogens with zero attached hydrogens (tertiary/aromatic N) is 3. The Labute approximate surface area is 181 Å². The van der Waals surface area contributed by atoms with E-state index in [0.717, 1.165) is 27.0 Å². The molecule has 2 amide bonds. The molecule has 3 heterocycles. The standard InChI is InChI=1S/C22H19N5O3S/c1-12-20-15(13-6-8-14(9-7-13)30-11-18(23)28)10-19(29)25-21(20)27(26-12)22-24-16-4-2-3-5-17(16)31-22/h2-9,15H,10-11H2,1H3,(H2,23,28)(H,25,29). The van der Waals surface area contributed by atoms with E-state index in [1.54, 1.807) is 16.8 Å². The summed E-state index contributed by atoms with van der Waals surface area (Å²) < 4.78 is 8.12. The number of carbonyl (C=O) groups is 2. The van der Waals surface area contributed by atoms with Crippen molar-refractivity contribution < 1.29 is 14.3 Å². The Kier molecular flexibility index (Phi) is 4.67. The summed E-state index contributed by atoms with van der Waals surface area (Å²) in [6.45, 7) is 1.76. The minimum atomic E-state index is -0.532. The van der Waals surface area contributed by atoms with E-state index >= 15 is 0 Å². The number of nitrogens with one attached hydrogen (secondary N) is 1. The molecule has 31 heavy (non-hydrogen) atoms. The van der Waals surface area contributed by atoms with E-state index in [2.05, 4.69) is 10.3 Å². The summed E-state index contributed by atoms with van der Waals surface area (Å²) in [6.07, 6.45) is 0.320. The first-order valence-corrected chi connectivity index (χ1v) is 10.6. The van der Waals surface area contributed by atoms with Gasteiger partial charge in [-0.15, -0.1) is 0 Å². The molecule has 0 radical (unpaired) electrons. The van der Waals surface area contributed by atoms with Crippen LogP contribution in [0.3, 0.4) is 0 Å². The highest BCUT2D eigenvalue weighted by molar-refractivity contribution is 7.20. The number of rotatable bonds is 5. The predicted molar refractivity (Wildman–Crippen MR) is 118 cm³/mol. The fraction of sp³-hybridized carbons (Fsp3) is 0.182. The van der Waals surface area contributed by atoms with Gasteiger partial charge in [0.2, 0.25) is 11.0 Å². The van der Waals surface area contributed by atoms with Gasteiger partial charge in [0.05, 0.1) is 15.9 Å². The van der Waals surface area contributed by atoms with Crippen LogP contribution in [-0.4, -0.2) is 33.2 Å². The number of thiazole rings is 1. The first-order valence-electron chi connectivity index (χ1n) is 9.76. The second-order valence-electron chi connectivity index (χ2n) is 7.35. The van der Waals surface area contributed by atoms with E-state index in [1.165, 1.54) is 11.3 Å². The smallest absolute Gasteiger partial charge is 0.255 e. The highest BCUT2D eigenvalue weighted by Gasteiger charge is 2.33. The van der Waals surface area contributed by atoms with Gasteiger partial charge in [-0.05, 0) is 36.8 Å². The van der Waals surface area contributed by atoms with Gasteiger partial charge in [0, 0.05) is 17.9 Å². The minimum Gasteiger partial charge on any atom is -0.484 e. The van der Waals surface area contributed by atoms with Crippen LogP contribution in [-0.2, 0) is 9.59 Å². The number of hydrogen-bond acceptors (Lipinski definition) is 6. The monoisotopic (exact) mass is 433 g/mol. The van der Waals surface area contributed by atoms with Crippen molar-refractivity contribution >= 4 is 39.2 Å². The van der Waals surface area contributed by atoms with Gasteiger partial charge < -0.3 is 15.8 Å². The molecule has 5 rings (SSSR count). The molecule has 2 aromatic carbocycles. The molecule has 8 nitrogen and oxygen atoms in total. The summed E-state index contributed by atoms with van der Waals surface area (Å²) in [5.41, 5.74) is 8.81. The fourth-order valence-corrected chi connectivity index (χ4v) is 4.80. The topological polar surface area (TPSA) is 112 Å². The van der Waals surface area contributed by atoms with Crippen LogP contribution in [0.15, 0.2) is 48.5 Å². The molecule has 1 unspecified atom stereocenters. The number of fused-ring (bicyclic) bond motifs is 2. The number of carbonyl (C=O) groups excluding carboxylic acids is 2. The number of hydrogen-bond donors (Lipinski definition) is 2. The lowest BCUT2D eigenvalue weighted by molar-refractivity contribution is -0.120. The van der Waals surface area contributed by atoms with Crippen molar-refractivity contribution in [3.63, 3.8) is 0 Å². The first-order chi connectivity index (χ1) is 15.0. The van der Waals surface area contributed by atoms with Crippen molar-refractivity contribution in [1.82, 2.24) is 14.8 Å². The van der Waals surface area contributed by atoms with Gasteiger partial charge in [0.25, 0.3) is 5.91 Å². The Balaban J connectivity index is 1.53. The Hall–Kier alpha value is -3.72. The molecule has 1 aliphatic heterocycles. The van der Waals surface area contributed by atoms with Crippen molar-refractivity contribution in [2.45, 2.75) is 19.3 Å². The third-order valence-electron chi connectivity index (χ3n) is 5.23. The Morgan fingerprint density at radius 3 is 2.77 bits per heavy atom. The molecule has 3 N–H and O–H groups in total. The van der Waals surface area contributed by atoms with Gasteiger partial charge in [-0.25, -0.2) is 4.98 Å². The quantitative estimate of drug-likeness (QED) is 0.502. The van der Waals surface area contributed by atoms with Crippen LogP contribution in [0.25, 0.3) is 15.3 Å². The zero-order chi connectivity index (χ0) is 21.5. The summed E-state index contributed by atoms with van der Waals surface area (Å²) in [6, 6.07) is 15.3. The van der Waals surface area contributed by atoms with Crippen LogP contribution >= 0.6 is 11.3 Å². The third kappa shape index (κ3) is 3.53. The van der Waals surface area contributed by atoms with E-state index < -0.39 is 5.91 Å². The average Bonchev–Trinajstić information content (AvgIpc) is 3.33. The largest absolute Gasteiger partial charge is 0.484 e. The van der Waals surface area contributed by atoms with E-state index in [0.29, 0.717) is 23.1 Å². The molecule has 0 fully saturated rings. The second-order valence-corrected chi connectivity index (χ2v) is 8.36. The molecule has 9 heteroatoms. The van der Waals surface area contributed by atoms with Crippen molar-refractivity contribution in [3.05, 3.63) is 65.4 Å². The summed E-state index contributed by atoms with van der Waals surface area (Å²) >= 11 is 1.53. The van der Waals surface area contributed by atoms with E-state index in [1.807, 2.05) is 43.3 Å². The van der Waals surface area contributed by atoms with Crippen molar-refractivity contribution in [1.29, 1.82) is 0 Å². The van der Waals surface area contributed by atoms with Gasteiger partial charge in [-0.3, -0.25) is 9.59 Å². The number of aryl methyl sites for hydroxylation is 1. The lowest BCUT2D eigenvalue weighted by Gasteiger charge is -2.24. The average molecular weight is 433 g/mol. The fourth-order valence-electron chi connectivity index (χ4n) is 3.87. The molecule has 0 spiro atoms. The SMILES string of the molecule is Cc1nn(-c2nc3ccccc3s2)c2c1C(c1ccc(OCC(N)=O)cc1)CC(=O)N2. The lowest BCUT2D eigenvalue weighted by atomic mass is 9.86. The molecule has 1 atom stereocenters. The highest BCUT2D eigenvalue weighted by atomic mass is 32.1. The molecular formula is C22H19N5O3S. The molecule has 0 aliphatic carbocycles. The lowest BCUT2D eigenvalue weighted by Crippen LogP contribution is -2.25. The second kappa shape index (κ2) is 7.51. The summed E-state index contributed by atoms with van der Waals surface area (Å²) in [7, 11) is 0. The Morgan fingerprint density at radius 1 is 1.26 bits per heavy atom. The summed E-state index contributed by atoms with van der Waals surface area (Å²) in [5.74, 6) is 0.457. The van der Waals surface area contributed by atoms with Crippen molar-refractivity contribution in [2.75, 3.05) is 11.9 Å². The van der Waals surface area contributed by atoms with Crippen LogP contribution in [0, 0.1) is 6.92 Å². The van der Waals surface area contributed by atoms with Crippen LogP contribution in [0.4, 0.5) is 5.82 Å². The van der Waals surface area contributed by atoms with Crippen LogP contribution < -0.4 is 15.8 Å². The molecule has 4 aromatic rings. The highest BCUT2D eigenvalue weighted by Crippen LogP contribution is 2.41. The maximum Gasteiger partial charge on any atom is 0.255 e. The van der Waals surface area contributed by atoms with Gasteiger partial charge in [0.15, 0.2) is 6.61 Å². The Bertz CT molecular complexity index is 1280. The van der Waals surface area contributed by atoms with E-state index in [9.17, 15) is 9.59 Å². The Morgan fingerprint density at radius 2 is 2.03 bits per heavy atom. The van der Waals surface area contributed by atoms with Gasteiger partial charge >= 0.3 is 0 Å². The number of primary amides is 1.